The number of aromatic nitrogens is 1. The molecule has 0 saturated carbocycles. The van der Waals surface area contributed by atoms with Crippen molar-refractivity contribution in [1.29, 1.82) is 0 Å². The van der Waals surface area contributed by atoms with Gasteiger partial charge in [0.1, 0.15) is 5.75 Å². The summed E-state index contributed by atoms with van der Waals surface area (Å²) in [5.74, 6) is 0.276. The number of hydrogen-bond acceptors (Lipinski definition) is 5. The lowest BCUT2D eigenvalue weighted by atomic mass is 10.0. The Morgan fingerprint density at radius 1 is 0.970 bits per heavy atom. The van der Waals surface area contributed by atoms with Crippen molar-refractivity contribution < 1.29 is 9.90 Å². The van der Waals surface area contributed by atoms with Crippen LogP contribution in [0.3, 0.4) is 0 Å². The second-order valence-corrected chi connectivity index (χ2v) is 8.38. The lowest BCUT2D eigenvalue weighted by molar-refractivity contribution is 0.0773. The molecule has 3 aromatic rings. The van der Waals surface area contributed by atoms with Gasteiger partial charge in [-0.3, -0.25) is 14.7 Å². The van der Waals surface area contributed by atoms with E-state index < -0.39 is 0 Å². The van der Waals surface area contributed by atoms with E-state index in [1.807, 2.05) is 36.9 Å². The SMILES string of the molecule is CCN(CC)C(=O)c1ccc(N2CCN(Cc3ccccc3-c3cncc(O)c3)CC2)cc1. The molecule has 6 nitrogen and oxygen atoms in total. The van der Waals surface area contributed by atoms with Crippen LogP contribution in [0.1, 0.15) is 29.8 Å². The van der Waals surface area contributed by atoms with Crippen LogP contribution in [-0.2, 0) is 6.54 Å². The van der Waals surface area contributed by atoms with Crippen molar-refractivity contribution in [1.82, 2.24) is 14.8 Å². The number of benzene rings is 2. The molecule has 172 valence electrons. The average Bonchev–Trinajstić information content (AvgIpc) is 2.86. The Morgan fingerprint density at radius 3 is 2.33 bits per heavy atom. The third kappa shape index (κ3) is 5.34. The Bertz CT molecular complexity index is 1070. The average molecular weight is 445 g/mol. The van der Waals surface area contributed by atoms with E-state index in [-0.39, 0.29) is 11.7 Å². The van der Waals surface area contributed by atoms with Gasteiger partial charge in [0.25, 0.3) is 5.91 Å². The van der Waals surface area contributed by atoms with Crippen molar-refractivity contribution >= 4 is 11.6 Å². The summed E-state index contributed by atoms with van der Waals surface area (Å²) in [7, 11) is 0. The number of rotatable bonds is 7. The van der Waals surface area contributed by atoms with Crippen LogP contribution in [0.25, 0.3) is 11.1 Å². The van der Waals surface area contributed by atoms with E-state index in [2.05, 4.69) is 45.1 Å². The normalized spacial score (nSPS) is 14.3. The number of carbonyl (C=O) groups is 1. The van der Waals surface area contributed by atoms with E-state index in [4.69, 9.17) is 0 Å². The van der Waals surface area contributed by atoms with Gasteiger partial charge in [-0.15, -0.1) is 0 Å². The van der Waals surface area contributed by atoms with Gasteiger partial charge < -0.3 is 14.9 Å². The van der Waals surface area contributed by atoms with E-state index >= 15 is 0 Å². The maximum Gasteiger partial charge on any atom is 0.253 e. The fourth-order valence-corrected chi connectivity index (χ4v) is 4.43. The Labute approximate surface area is 196 Å². The number of hydrogen-bond donors (Lipinski definition) is 1. The molecule has 4 rings (SSSR count). The van der Waals surface area contributed by atoms with Gasteiger partial charge in [0.15, 0.2) is 0 Å². The first-order valence-corrected chi connectivity index (χ1v) is 11.7. The van der Waals surface area contributed by atoms with Gasteiger partial charge in [0, 0.05) is 68.8 Å². The van der Waals surface area contributed by atoms with Gasteiger partial charge in [0.2, 0.25) is 0 Å². The maximum atomic E-state index is 12.5. The van der Waals surface area contributed by atoms with Gasteiger partial charge in [-0.25, -0.2) is 0 Å². The summed E-state index contributed by atoms with van der Waals surface area (Å²) < 4.78 is 0. The zero-order valence-electron chi connectivity index (χ0n) is 19.4. The highest BCUT2D eigenvalue weighted by molar-refractivity contribution is 5.94. The van der Waals surface area contributed by atoms with Gasteiger partial charge in [-0.05, 0) is 55.3 Å². The quantitative estimate of drug-likeness (QED) is 0.590. The van der Waals surface area contributed by atoms with E-state index in [0.717, 1.165) is 68.2 Å². The van der Waals surface area contributed by atoms with Crippen molar-refractivity contribution in [2.45, 2.75) is 20.4 Å². The first-order chi connectivity index (χ1) is 16.1. The first kappa shape index (κ1) is 22.8. The standard InChI is InChI=1S/C27H32N4O2/c1-3-30(4-2)27(33)21-9-11-24(12-10-21)31-15-13-29(14-16-31)20-22-7-5-6-8-26(22)23-17-25(32)19-28-18-23/h5-12,17-19,32H,3-4,13-16,20H2,1-2H3. The lowest BCUT2D eigenvalue weighted by Gasteiger charge is -2.36. The topological polar surface area (TPSA) is 59.9 Å². The Hall–Kier alpha value is -3.38. The van der Waals surface area contributed by atoms with Crippen LogP contribution < -0.4 is 4.90 Å². The second kappa shape index (κ2) is 10.5. The molecular weight excluding hydrogens is 412 g/mol. The molecule has 1 aromatic heterocycles. The summed E-state index contributed by atoms with van der Waals surface area (Å²) >= 11 is 0. The summed E-state index contributed by atoms with van der Waals surface area (Å²) in [6.07, 6.45) is 3.25. The van der Waals surface area contributed by atoms with Crippen LogP contribution in [0.15, 0.2) is 67.0 Å². The molecule has 0 bridgehead atoms. The molecule has 33 heavy (non-hydrogen) atoms. The summed E-state index contributed by atoms with van der Waals surface area (Å²) in [5, 5.41) is 9.82. The van der Waals surface area contributed by atoms with E-state index in [0.29, 0.717) is 0 Å². The van der Waals surface area contributed by atoms with Crippen molar-refractivity contribution in [3.05, 3.63) is 78.1 Å². The number of piperazine rings is 1. The molecule has 1 N–H and O–H groups in total. The first-order valence-electron chi connectivity index (χ1n) is 11.7. The molecule has 2 aromatic carbocycles. The van der Waals surface area contributed by atoms with Crippen molar-refractivity contribution in [3.8, 4) is 16.9 Å². The minimum atomic E-state index is 0.0944. The van der Waals surface area contributed by atoms with E-state index in [1.54, 1.807) is 12.3 Å². The largest absolute Gasteiger partial charge is 0.506 e. The van der Waals surface area contributed by atoms with Crippen LogP contribution >= 0.6 is 0 Å². The molecule has 1 aliphatic heterocycles. The van der Waals surface area contributed by atoms with Crippen LogP contribution in [0, 0.1) is 0 Å². The minimum Gasteiger partial charge on any atom is -0.506 e. The number of carbonyl (C=O) groups excluding carboxylic acids is 1. The fourth-order valence-electron chi connectivity index (χ4n) is 4.43. The molecular formula is C27H32N4O2. The lowest BCUT2D eigenvalue weighted by Crippen LogP contribution is -2.46. The summed E-state index contributed by atoms with van der Waals surface area (Å²) in [6, 6.07) is 18.1. The molecule has 1 fully saturated rings. The Kier molecular flexibility index (Phi) is 7.25. The fraction of sp³-hybridized carbons (Fsp3) is 0.333. The van der Waals surface area contributed by atoms with Crippen molar-refractivity contribution in [3.63, 3.8) is 0 Å². The molecule has 1 saturated heterocycles. The van der Waals surface area contributed by atoms with Crippen molar-refractivity contribution in [2.24, 2.45) is 0 Å². The number of amides is 1. The van der Waals surface area contributed by atoms with E-state index in [9.17, 15) is 9.90 Å². The highest BCUT2D eigenvalue weighted by atomic mass is 16.3. The predicted octanol–water partition coefficient (Wildman–Crippen LogP) is 4.26. The number of aromatic hydroxyl groups is 1. The maximum absolute atomic E-state index is 12.5. The van der Waals surface area contributed by atoms with Crippen LogP contribution in [0.2, 0.25) is 0 Å². The second-order valence-electron chi connectivity index (χ2n) is 8.38. The molecule has 1 amide bonds. The zero-order valence-corrected chi connectivity index (χ0v) is 19.4. The van der Waals surface area contributed by atoms with Crippen LogP contribution in [0.5, 0.6) is 5.75 Å². The number of nitrogens with zero attached hydrogens (tertiary/aromatic N) is 4. The zero-order chi connectivity index (χ0) is 23.2. The van der Waals surface area contributed by atoms with Crippen LogP contribution in [-0.4, -0.2) is 65.1 Å². The Balaban J connectivity index is 1.38. The number of pyridine rings is 1. The number of anilines is 1. The summed E-state index contributed by atoms with van der Waals surface area (Å²) in [6.45, 7) is 10.1. The summed E-state index contributed by atoms with van der Waals surface area (Å²) in [5.41, 5.74) is 5.19. The monoisotopic (exact) mass is 444 g/mol. The molecule has 0 radical (unpaired) electrons. The van der Waals surface area contributed by atoms with Crippen molar-refractivity contribution in [2.75, 3.05) is 44.2 Å². The molecule has 0 aliphatic carbocycles. The van der Waals surface area contributed by atoms with E-state index in [1.165, 1.54) is 11.8 Å². The van der Waals surface area contributed by atoms with Gasteiger partial charge in [-0.1, -0.05) is 24.3 Å². The highest BCUT2D eigenvalue weighted by Crippen LogP contribution is 2.27. The molecule has 0 unspecified atom stereocenters. The third-order valence-corrected chi connectivity index (χ3v) is 6.35. The highest BCUT2D eigenvalue weighted by Gasteiger charge is 2.19. The molecule has 1 aliphatic rings. The molecule has 2 heterocycles. The van der Waals surface area contributed by atoms with Gasteiger partial charge in [0.05, 0.1) is 6.20 Å². The minimum absolute atomic E-state index is 0.0944. The molecule has 0 spiro atoms. The van der Waals surface area contributed by atoms with Gasteiger partial charge >= 0.3 is 0 Å². The molecule has 6 heteroatoms. The van der Waals surface area contributed by atoms with Crippen LogP contribution in [0.4, 0.5) is 5.69 Å². The molecule has 0 atom stereocenters. The summed E-state index contributed by atoms with van der Waals surface area (Å²) in [4.78, 5) is 23.4. The smallest absolute Gasteiger partial charge is 0.253 e. The predicted molar refractivity (Wildman–Crippen MR) is 133 cm³/mol. The third-order valence-electron chi connectivity index (χ3n) is 6.35. The van der Waals surface area contributed by atoms with Gasteiger partial charge in [-0.2, -0.15) is 0 Å². The Morgan fingerprint density at radius 2 is 1.67 bits per heavy atom.